The van der Waals surface area contributed by atoms with Gasteiger partial charge in [-0.3, -0.25) is 19.2 Å². The molecule has 2 aromatic rings. The number of rotatable bonds is 5. The first-order chi connectivity index (χ1) is 20.0. The van der Waals surface area contributed by atoms with Gasteiger partial charge in [-0.2, -0.15) is 0 Å². The van der Waals surface area contributed by atoms with E-state index in [0.29, 0.717) is 39.9 Å². The number of methoxy groups -OCH3 is 1. The molecule has 0 heterocycles. The Balaban J connectivity index is 1.85. The summed E-state index contributed by atoms with van der Waals surface area (Å²) in [5, 5.41) is 46.6. The highest BCUT2D eigenvalue weighted by Crippen LogP contribution is 2.65. The van der Waals surface area contributed by atoms with Crippen molar-refractivity contribution in [1.29, 1.82) is 0 Å². The van der Waals surface area contributed by atoms with Crippen LogP contribution in [0.15, 0.2) is 46.9 Å². The lowest BCUT2D eigenvalue weighted by atomic mass is 9.44. The number of allylic oxidation sites excluding steroid dienone is 2. The summed E-state index contributed by atoms with van der Waals surface area (Å²) in [5.41, 5.74) is -4.03. The number of benzene rings is 2. The van der Waals surface area contributed by atoms with Crippen molar-refractivity contribution in [3.63, 3.8) is 0 Å². The van der Waals surface area contributed by atoms with Crippen molar-refractivity contribution in [2.75, 3.05) is 7.11 Å². The molecule has 0 aromatic heterocycles. The van der Waals surface area contributed by atoms with Crippen molar-refractivity contribution in [3.8, 4) is 22.6 Å². The van der Waals surface area contributed by atoms with Gasteiger partial charge in [0, 0.05) is 33.4 Å². The largest absolute Gasteiger partial charge is 0.511 e. The molecule has 0 saturated heterocycles. The first kappa shape index (κ1) is 30.2. The molecule has 4 N–H and O–H groups in total. The molecule has 43 heavy (non-hydrogen) atoms. The van der Waals surface area contributed by atoms with Gasteiger partial charge in [0.05, 0.1) is 12.7 Å². The predicted molar refractivity (Wildman–Crippen MR) is 157 cm³/mol. The molecule has 9 heteroatoms. The third-order valence-electron chi connectivity index (χ3n) is 9.85. The molecular formula is C34H36O9. The van der Waals surface area contributed by atoms with E-state index in [1.54, 1.807) is 58.9 Å². The average Bonchev–Trinajstić information content (AvgIpc) is 2.91. The van der Waals surface area contributed by atoms with Gasteiger partial charge in [0.1, 0.15) is 34.9 Å². The summed E-state index contributed by atoms with van der Waals surface area (Å²) in [7, 11) is 1.48. The standard InChI is InChI=1S/C34H36O9/c1-15(2)25-28(38)23(17(4)36)30(40)34(42)31(41)26-29(39)24-21(12-32(26,5)14-33(25,34)6)19(10-16(3)27(24)37)20-11-18(13-35)8-9-22(20)43-7/h8-11,13,15,25,37-38,41-42H,12,14H2,1-7H3/t25?,32-,33-,34+/m1/s1. The Kier molecular flexibility index (Phi) is 6.77. The van der Waals surface area contributed by atoms with Gasteiger partial charge in [0.15, 0.2) is 17.2 Å². The summed E-state index contributed by atoms with van der Waals surface area (Å²) in [6, 6.07) is 6.59. The van der Waals surface area contributed by atoms with Crippen molar-refractivity contribution < 1.29 is 44.3 Å². The van der Waals surface area contributed by atoms with Crippen molar-refractivity contribution >= 4 is 23.6 Å². The number of aliphatic hydroxyl groups is 3. The number of hydrogen-bond acceptors (Lipinski definition) is 9. The van der Waals surface area contributed by atoms with Crippen LogP contribution in [0.2, 0.25) is 0 Å². The number of phenols is 1. The van der Waals surface area contributed by atoms with Gasteiger partial charge >= 0.3 is 0 Å². The van der Waals surface area contributed by atoms with Crippen LogP contribution in [-0.4, -0.2) is 56.8 Å². The lowest BCUT2D eigenvalue weighted by Crippen LogP contribution is -2.67. The number of aldehydes is 1. The Morgan fingerprint density at radius 1 is 1.09 bits per heavy atom. The first-order valence-corrected chi connectivity index (χ1v) is 14.2. The molecular weight excluding hydrogens is 552 g/mol. The van der Waals surface area contributed by atoms with Crippen LogP contribution in [0.1, 0.15) is 72.9 Å². The summed E-state index contributed by atoms with van der Waals surface area (Å²) >= 11 is 0. The van der Waals surface area contributed by atoms with Crippen LogP contribution in [0, 0.1) is 29.6 Å². The van der Waals surface area contributed by atoms with E-state index in [9.17, 15) is 39.6 Å². The quantitative estimate of drug-likeness (QED) is 0.274. The molecule has 0 radical (unpaired) electrons. The fraction of sp³-hybridized carbons (Fsp3) is 0.412. The molecule has 0 aliphatic heterocycles. The second-order valence-corrected chi connectivity index (χ2v) is 13.0. The van der Waals surface area contributed by atoms with E-state index in [1.807, 2.05) is 0 Å². The van der Waals surface area contributed by atoms with E-state index in [0.717, 1.165) is 6.92 Å². The van der Waals surface area contributed by atoms with Gasteiger partial charge in [0.25, 0.3) is 0 Å². The maximum absolute atomic E-state index is 14.4. The number of fused-ring (bicyclic) bond motifs is 3. The minimum atomic E-state index is -2.68. The molecule has 0 spiro atoms. The molecule has 3 aliphatic carbocycles. The number of hydrogen-bond donors (Lipinski definition) is 4. The van der Waals surface area contributed by atoms with Gasteiger partial charge in [-0.25, -0.2) is 0 Å². The van der Waals surface area contributed by atoms with Crippen LogP contribution in [0.5, 0.6) is 11.5 Å². The lowest BCUT2D eigenvalue weighted by Gasteiger charge is -2.59. The Bertz CT molecular complexity index is 1710. The minimum Gasteiger partial charge on any atom is -0.511 e. The second kappa shape index (κ2) is 9.64. The summed E-state index contributed by atoms with van der Waals surface area (Å²) in [4.78, 5) is 52.5. The Hall–Kier alpha value is -4.24. The number of aromatic hydroxyl groups is 1. The SMILES string of the molecule is COc1ccc(C=O)cc1-c1cc(C)c(O)c2c1C[C@]1(C)C[C@]3(C)C(C(C)C)C(O)=C(C(C)=O)C(=O)[C@]3(O)C(O)=C1C2=O. The van der Waals surface area contributed by atoms with Crippen molar-refractivity contribution in [3.05, 3.63) is 69.2 Å². The summed E-state index contributed by atoms with van der Waals surface area (Å²) in [5.74, 6) is -5.16. The van der Waals surface area contributed by atoms with Crippen LogP contribution in [-0.2, 0) is 16.0 Å². The topological polar surface area (TPSA) is 158 Å². The fourth-order valence-corrected chi connectivity index (χ4v) is 8.18. The number of carbonyl (C=O) groups excluding carboxylic acids is 4. The monoisotopic (exact) mass is 588 g/mol. The highest BCUT2D eigenvalue weighted by molar-refractivity contribution is 6.25. The Labute approximate surface area is 249 Å². The predicted octanol–water partition coefficient (Wildman–Crippen LogP) is 5.14. The van der Waals surface area contributed by atoms with E-state index in [1.165, 1.54) is 7.11 Å². The molecule has 9 nitrogen and oxygen atoms in total. The van der Waals surface area contributed by atoms with Crippen LogP contribution >= 0.6 is 0 Å². The zero-order chi connectivity index (χ0) is 32.0. The van der Waals surface area contributed by atoms with Gasteiger partial charge < -0.3 is 25.2 Å². The Morgan fingerprint density at radius 2 is 1.74 bits per heavy atom. The maximum atomic E-state index is 14.4. The summed E-state index contributed by atoms with van der Waals surface area (Å²) in [6.07, 6.45) is 0.766. The molecule has 0 fully saturated rings. The molecule has 0 saturated carbocycles. The molecule has 3 aliphatic rings. The normalized spacial score (nSPS) is 28.4. The van der Waals surface area contributed by atoms with Gasteiger partial charge in [-0.05, 0) is 73.6 Å². The third kappa shape index (κ3) is 3.80. The fourth-order valence-electron chi connectivity index (χ4n) is 8.18. The zero-order valence-corrected chi connectivity index (χ0v) is 25.3. The van der Waals surface area contributed by atoms with Crippen LogP contribution < -0.4 is 4.74 Å². The Morgan fingerprint density at radius 3 is 2.30 bits per heavy atom. The van der Waals surface area contributed by atoms with Crippen LogP contribution in [0.3, 0.4) is 0 Å². The first-order valence-electron chi connectivity index (χ1n) is 14.2. The molecule has 0 bridgehead atoms. The van der Waals surface area contributed by atoms with E-state index in [4.69, 9.17) is 4.74 Å². The van der Waals surface area contributed by atoms with Gasteiger partial charge in [-0.1, -0.05) is 27.7 Å². The van der Waals surface area contributed by atoms with Gasteiger partial charge in [-0.15, -0.1) is 0 Å². The zero-order valence-electron chi connectivity index (χ0n) is 25.3. The van der Waals surface area contributed by atoms with E-state index < -0.39 is 56.8 Å². The van der Waals surface area contributed by atoms with E-state index >= 15 is 0 Å². The van der Waals surface area contributed by atoms with E-state index in [-0.39, 0.29) is 35.6 Å². The van der Waals surface area contributed by atoms with Crippen molar-refractivity contribution in [2.24, 2.45) is 22.7 Å². The van der Waals surface area contributed by atoms with Gasteiger partial charge in [0.2, 0.25) is 5.78 Å². The lowest BCUT2D eigenvalue weighted by molar-refractivity contribution is -0.171. The highest BCUT2D eigenvalue weighted by Gasteiger charge is 2.71. The smallest absolute Gasteiger partial charge is 0.209 e. The minimum absolute atomic E-state index is 0.0233. The number of phenolic OH excluding ortho intramolecular Hbond substituents is 1. The molecule has 4 atom stereocenters. The average molecular weight is 589 g/mol. The maximum Gasteiger partial charge on any atom is 0.209 e. The van der Waals surface area contributed by atoms with Crippen LogP contribution in [0.4, 0.5) is 0 Å². The van der Waals surface area contributed by atoms with Crippen LogP contribution in [0.25, 0.3) is 11.1 Å². The van der Waals surface area contributed by atoms with Crippen molar-refractivity contribution in [1.82, 2.24) is 0 Å². The molecule has 5 rings (SSSR count). The molecule has 0 amide bonds. The number of ether oxygens (including phenoxy) is 1. The van der Waals surface area contributed by atoms with Crippen molar-refractivity contribution in [2.45, 2.75) is 60.0 Å². The number of Topliss-reactive ketones (excluding diaryl/α,β-unsaturated/α-hetero) is 3. The summed E-state index contributed by atoms with van der Waals surface area (Å²) < 4.78 is 5.59. The third-order valence-corrected chi connectivity index (χ3v) is 9.85. The molecule has 2 aromatic carbocycles. The number of ketones is 3. The second-order valence-electron chi connectivity index (χ2n) is 13.0. The molecule has 1 unspecified atom stereocenters. The van der Waals surface area contributed by atoms with E-state index in [2.05, 4.69) is 0 Å². The number of carbonyl (C=O) groups is 4. The highest BCUT2D eigenvalue weighted by atomic mass is 16.5. The molecule has 226 valence electrons. The summed E-state index contributed by atoms with van der Waals surface area (Å²) in [6.45, 7) is 9.61. The number of aryl methyl sites for hydroxylation is 1. The number of aliphatic hydroxyl groups excluding tert-OH is 2.